The Bertz CT molecular complexity index is 709. The number of amides is 1. The number of aryl methyl sites for hydroxylation is 2. The van der Waals surface area contributed by atoms with Crippen LogP contribution in [-0.4, -0.2) is 24.0 Å². The average molecular weight is 309 g/mol. The van der Waals surface area contributed by atoms with Crippen molar-refractivity contribution in [2.45, 2.75) is 13.8 Å². The van der Waals surface area contributed by atoms with E-state index in [1.165, 1.54) is 25.3 Å². The summed E-state index contributed by atoms with van der Waals surface area (Å²) in [6.45, 7) is 3.31. The summed E-state index contributed by atoms with van der Waals surface area (Å²) in [5, 5.41) is 2.88. The van der Waals surface area contributed by atoms with Crippen molar-refractivity contribution in [3.8, 4) is 0 Å². The number of aromatic nitrogens is 1. The molecule has 0 spiro atoms. The first-order valence-electron chi connectivity index (χ1n) is 6.05. The van der Waals surface area contributed by atoms with Gasteiger partial charge in [-0.15, -0.1) is 0 Å². The molecular formula is C14H13ClN2O4. The predicted octanol–water partition coefficient (Wildman–Crippen LogP) is 2.98. The van der Waals surface area contributed by atoms with Gasteiger partial charge >= 0.3 is 5.97 Å². The first-order valence-corrected chi connectivity index (χ1v) is 6.43. The number of ether oxygens (including phenoxy) is 1. The van der Waals surface area contributed by atoms with E-state index >= 15 is 0 Å². The van der Waals surface area contributed by atoms with Gasteiger partial charge in [0.1, 0.15) is 0 Å². The van der Waals surface area contributed by atoms with E-state index in [1.807, 2.05) is 0 Å². The van der Waals surface area contributed by atoms with Crippen molar-refractivity contribution in [3.63, 3.8) is 0 Å². The smallest absolute Gasteiger partial charge is 0.337 e. The molecule has 7 heteroatoms. The number of rotatable bonds is 3. The summed E-state index contributed by atoms with van der Waals surface area (Å²) < 4.78 is 9.85. The summed E-state index contributed by atoms with van der Waals surface area (Å²) in [6.07, 6.45) is 0. The van der Waals surface area contributed by atoms with Crippen molar-refractivity contribution in [1.82, 2.24) is 4.98 Å². The molecule has 0 fully saturated rings. The van der Waals surface area contributed by atoms with Gasteiger partial charge < -0.3 is 14.5 Å². The van der Waals surface area contributed by atoms with Crippen molar-refractivity contribution in [1.29, 1.82) is 0 Å². The van der Waals surface area contributed by atoms with E-state index in [2.05, 4.69) is 15.0 Å². The van der Waals surface area contributed by atoms with E-state index in [9.17, 15) is 9.59 Å². The largest absolute Gasteiger partial charge is 0.465 e. The molecule has 2 rings (SSSR count). The number of halogens is 1. The highest BCUT2D eigenvalue weighted by Crippen LogP contribution is 2.24. The Morgan fingerprint density at radius 1 is 1.33 bits per heavy atom. The lowest BCUT2D eigenvalue weighted by atomic mass is 10.2. The normalized spacial score (nSPS) is 10.3. The zero-order chi connectivity index (χ0) is 15.6. The SMILES string of the molecule is COC(=O)c1ccc(Cl)c(NC(=O)c2oc(C)nc2C)c1. The highest BCUT2D eigenvalue weighted by Gasteiger charge is 2.18. The molecule has 0 bridgehead atoms. The fraction of sp³-hybridized carbons (Fsp3) is 0.214. The second-order valence-electron chi connectivity index (χ2n) is 4.29. The van der Waals surface area contributed by atoms with Gasteiger partial charge in [-0.1, -0.05) is 11.6 Å². The summed E-state index contributed by atoms with van der Waals surface area (Å²) >= 11 is 6.01. The standard InChI is InChI=1S/C14H13ClN2O4/c1-7-12(21-8(2)16-7)13(18)17-11-6-9(14(19)20-3)4-5-10(11)15/h4-6H,1-3H3,(H,17,18). The Kier molecular flexibility index (Phi) is 4.28. The molecule has 0 radical (unpaired) electrons. The minimum absolute atomic E-state index is 0.104. The Balaban J connectivity index is 2.28. The summed E-state index contributed by atoms with van der Waals surface area (Å²) in [7, 11) is 1.27. The maximum atomic E-state index is 12.1. The Hall–Kier alpha value is -2.34. The third-order valence-electron chi connectivity index (χ3n) is 2.75. The minimum atomic E-state index is -0.520. The van der Waals surface area contributed by atoms with E-state index in [4.69, 9.17) is 16.0 Å². The van der Waals surface area contributed by atoms with Crippen molar-refractivity contribution in [3.05, 3.63) is 46.1 Å². The molecule has 0 unspecified atom stereocenters. The second kappa shape index (κ2) is 5.97. The molecule has 0 atom stereocenters. The van der Waals surface area contributed by atoms with Crippen LogP contribution in [0.4, 0.5) is 5.69 Å². The second-order valence-corrected chi connectivity index (χ2v) is 4.69. The molecule has 0 aliphatic rings. The van der Waals surface area contributed by atoms with Gasteiger partial charge in [-0.3, -0.25) is 4.79 Å². The quantitative estimate of drug-likeness (QED) is 0.881. The van der Waals surface area contributed by atoms with E-state index in [-0.39, 0.29) is 17.0 Å². The number of oxazole rings is 1. The molecule has 110 valence electrons. The maximum Gasteiger partial charge on any atom is 0.337 e. The fourth-order valence-corrected chi connectivity index (χ4v) is 1.95. The van der Waals surface area contributed by atoms with Crippen LogP contribution in [0, 0.1) is 13.8 Å². The molecule has 1 heterocycles. The molecular weight excluding hydrogens is 296 g/mol. The lowest BCUT2D eigenvalue weighted by Gasteiger charge is -2.08. The number of hydrogen-bond acceptors (Lipinski definition) is 5. The number of anilines is 1. The Morgan fingerprint density at radius 2 is 2.05 bits per heavy atom. The summed E-state index contributed by atoms with van der Waals surface area (Å²) in [5.74, 6) is -0.509. The van der Waals surface area contributed by atoms with Crippen LogP contribution in [0.25, 0.3) is 0 Å². The summed E-state index contributed by atoms with van der Waals surface area (Å²) in [5.41, 5.74) is 1.05. The number of esters is 1. The van der Waals surface area contributed by atoms with Gasteiger partial charge in [0.15, 0.2) is 5.89 Å². The first-order chi connectivity index (χ1) is 9.92. The van der Waals surface area contributed by atoms with Gasteiger partial charge in [-0.05, 0) is 25.1 Å². The van der Waals surface area contributed by atoms with Crippen LogP contribution >= 0.6 is 11.6 Å². The van der Waals surface area contributed by atoms with Crippen LogP contribution in [0.3, 0.4) is 0 Å². The van der Waals surface area contributed by atoms with Crippen LogP contribution in [-0.2, 0) is 4.74 Å². The molecule has 0 aliphatic carbocycles. The zero-order valence-electron chi connectivity index (χ0n) is 11.7. The molecule has 21 heavy (non-hydrogen) atoms. The highest BCUT2D eigenvalue weighted by atomic mass is 35.5. The van der Waals surface area contributed by atoms with Crippen molar-refractivity contribution < 1.29 is 18.7 Å². The number of carbonyl (C=O) groups excluding carboxylic acids is 2. The third kappa shape index (κ3) is 3.22. The van der Waals surface area contributed by atoms with Crippen LogP contribution in [0.15, 0.2) is 22.6 Å². The van der Waals surface area contributed by atoms with Gasteiger partial charge in [-0.25, -0.2) is 9.78 Å². The van der Waals surface area contributed by atoms with Crippen molar-refractivity contribution in [2.75, 3.05) is 12.4 Å². The van der Waals surface area contributed by atoms with Crippen LogP contribution in [0.1, 0.15) is 32.5 Å². The third-order valence-corrected chi connectivity index (χ3v) is 3.08. The highest BCUT2D eigenvalue weighted by molar-refractivity contribution is 6.34. The molecule has 0 saturated carbocycles. The number of hydrogen-bond donors (Lipinski definition) is 1. The Morgan fingerprint density at radius 3 is 2.62 bits per heavy atom. The molecule has 1 amide bonds. The van der Waals surface area contributed by atoms with E-state index in [0.717, 1.165) is 0 Å². The predicted molar refractivity (Wildman–Crippen MR) is 76.7 cm³/mol. The number of carbonyl (C=O) groups is 2. The Labute approximate surface area is 126 Å². The fourth-order valence-electron chi connectivity index (χ4n) is 1.79. The van der Waals surface area contributed by atoms with Crippen molar-refractivity contribution in [2.24, 2.45) is 0 Å². The lowest BCUT2D eigenvalue weighted by molar-refractivity contribution is 0.0600. The van der Waals surface area contributed by atoms with Crippen LogP contribution in [0.5, 0.6) is 0 Å². The van der Waals surface area contributed by atoms with Crippen LogP contribution < -0.4 is 5.32 Å². The lowest BCUT2D eigenvalue weighted by Crippen LogP contribution is -2.13. The molecule has 0 aliphatic heterocycles. The maximum absolute atomic E-state index is 12.1. The number of nitrogens with one attached hydrogen (secondary N) is 1. The van der Waals surface area contributed by atoms with Gasteiger partial charge in [0.2, 0.25) is 5.76 Å². The number of benzene rings is 1. The van der Waals surface area contributed by atoms with Crippen LogP contribution in [0.2, 0.25) is 5.02 Å². The topological polar surface area (TPSA) is 81.4 Å². The van der Waals surface area contributed by atoms with Gasteiger partial charge in [0.05, 0.1) is 29.1 Å². The molecule has 6 nitrogen and oxygen atoms in total. The van der Waals surface area contributed by atoms with E-state index < -0.39 is 11.9 Å². The molecule has 1 aromatic heterocycles. The first kappa shape index (κ1) is 15.1. The average Bonchev–Trinajstić information content (AvgIpc) is 2.79. The van der Waals surface area contributed by atoms with E-state index in [0.29, 0.717) is 16.6 Å². The molecule has 0 saturated heterocycles. The van der Waals surface area contributed by atoms with Gasteiger partial charge in [-0.2, -0.15) is 0 Å². The molecule has 2 aromatic rings. The van der Waals surface area contributed by atoms with Crippen molar-refractivity contribution >= 4 is 29.2 Å². The number of nitrogens with zero attached hydrogens (tertiary/aromatic N) is 1. The van der Waals surface area contributed by atoms with E-state index in [1.54, 1.807) is 13.8 Å². The summed E-state index contributed by atoms with van der Waals surface area (Å²) in [4.78, 5) is 27.6. The summed E-state index contributed by atoms with van der Waals surface area (Å²) in [6, 6.07) is 4.44. The molecule has 1 N–H and O–H groups in total. The van der Waals surface area contributed by atoms with Gasteiger partial charge in [0, 0.05) is 6.92 Å². The zero-order valence-corrected chi connectivity index (χ0v) is 12.4. The monoisotopic (exact) mass is 308 g/mol. The minimum Gasteiger partial charge on any atom is -0.465 e. The van der Waals surface area contributed by atoms with Gasteiger partial charge in [0.25, 0.3) is 5.91 Å². The number of methoxy groups -OCH3 is 1. The molecule has 1 aromatic carbocycles.